The summed E-state index contributed by atoms with van der Waals surface area (Å²) in [4.78, 5) is 13.9. The number of likely N-dealkylation sites (tertiary alicyclic amines) is 1. The monoisotopic (exact) mass is 349 g/mol. The van der Waals surface area contributed by atoms with Crippen molar-refractivity contribution in [2.24, 2.45) is 5.92 Å². The third-order valence-electron chi connectivity index (χ3n) is 2.87. The molecule has 0 radical (unpaired) electrons. The van der Waals surface area contributed by atoms with Crippen molar-refractivity contribution in [2.75, 3.05) is 18.4 Å². The lowest BCUT2D eigenvalue weighted by atomic mass is 10.1. The fourth-order valence-electron chi connectivity index (χ4n) is 1.99. The summed E-state index contributed by atoms with van der Waals surface area (Å²) in [7, 11) is 0. The lowest BCUT2D eigenvalue weighted by Gasteiger charge is -2.14. The normalized spacial score (nSPS) is 20.4. The van der Waals surface area contributed by atoms with Gasteiger partial charge in [-0.25, -0.2) is 0 Å². The number of carbonyl (C=O) groups is 1. The zero-order valence-electron chi connectivity index (χ0n) is 8.79. The highest BCUT2D eigenvalue weighted by atomic mass is 79.9. The Morgan fingerprint density at radius 3 is 3.00 bits per heavy atom. The van der Waals surface area contributed by atoms with Gasteiger partial charge in [0.05, 0.1) is 0 Å². The van der Waals surface area contributed by atoms with Gasteiger partial charge in [-0.15, -0.1) is 0 Å². The molecule has 1 aliphatic rings. The number of rotatable bonds is 3. The third-order valence-corrected chi connectivity index (χ3v) is 3.76. The number of carbonyl (C=O) groups excluding carboxylic acids is 1. The molecule has 88 valence electrons. The molecule has 1 aliphatic heterocycles. The Balaban J connectivity index is 1.97. The minimum absolute atomic E-state index is 0.00257. The Kier molecular flexibility index (Phi) is 4.08. The Bertz CT molecular complexity index is 378. The molecule has 1 saturated heterocycles. The largest absolute Gasteiger partial charge is 0.444 e. The Morgan fingerprint density at radius 1 is 1.56 bits per heavy atom. The minimum atomic E-state index is 0.00257. The molecular formula is C11H13Br2NO2. The van der Waals surface area contributed by atoms with Crippen molar-refractivity contribution in [3.05, 3.63) is 22.6 Å². The molecule has 1 fully saturated rings. The quantitative estimate of drug-likeness (QED) is 0.784. The first-order chi connectivity index (χ1) is 7.70. The number of alkyl halides is 1. The van der Waals surface area contributed by atoms with Crippen LogP contribution in [0.4, 0.5) is 0 Å². The van der Waals surface area contributed by atoms with E-state index in [1.54, 1.807) is 12.1 Å². The summed E-state index contributed by atoms with van der Waals surface area (Å²) in [6.45, 7) is 1.69. The maximum atomic E-state index is 12.0. The van der Waals surface area contributed by atoms with E-state index in [2.05, 4.69) is 31.9 Å². The summed E-state index contributed by atoms with van der Waals surface area (Å²) in [5.74, 6) is 1.05. The van der Waals surface area contributed by atoms with Gasteiger partial charge in [-0.3, -0.25) is 4.79 Å². The molecule has 5 heteroatoms. The van der Waals surface area contributed by atoms with E-state index in [1.165, 1.54) is 0 Å². The molecule has 3 nitrogen and oxygen atoms in total. The smallest absolute Gasteiger partial charge is 0.289 e. The summed E-state index contributed by atoms with van der Waals surface area (Å²) in [6, 6.07) is 3.46. The zero-order chi connectivity index (χ0) is 11.5. The van der Waals surface area contributed by atoms with Gasteiger partial charge in [-0.05, 0) is 46.8 Å². The van der Waals surface area contributed by atoms with Crippen LogP contribution in [0.25, 0.3) is 0 Å². The van der Waals surface area contributed by atoms with Gasteiger partial charge >= 0.3 is 0 Å². The van der Waals surface area contributed by atoms with Crippen LogP contribution in [-0.4, -0.2) is 29.2 Å². The van der Waals surface area contributed by atoms with Gasteiger partial charge in [0.1, 0.15) is 0 Å². The summed E-state index contributed by atoms with van der Waals surface area (Å²) in [6.07, 6.45) is 2.23. The second-order valence-corrected chi connectivity index (χ2v) is 5.56. The molecule has 2 rings (SSSR count). The van der Waals surface area contributed by atoms with E-state index in [-0.39, 0.29) is 5.91 Å². The topological polar surface area (TPSA) is 33.5 Å². The predicted molar refractivity (Wildman–Crippen MR) is 68.8 cm³/mol. The van der Waals surface area contributed by atoms with E-state index in [1.807, 2.05) is 4.90 Å². The van der Waals surface area contributed by atoms with Crippen LogP contribution in [-0.2, 0) is 0 Å². The first kappa shape index (κ1) is 12.2. The van der Waals surface area contributed by atoms with Gasteiger partial charge in [0, 0.05) is 18.4 Å². The van der Waals surface area contributed by atoms with Crippen LogP contribution < -0.4 is 0 Å². The van der Waals surface area contributed by atoms with Crippen molar-refractivity contribution in [1.82, 2.24) is 4.90 Å². The van der Waals surface area contributed by atoms with E-state index in [4.69, 9.17) is 4.42 Å². The van der Waals surface area contributed by atoms with Gasteiger partial charge in [-0.1, -0.05) is 15.9 Å². The maximum Gasteiger partial charge on any atom is 0.289 e. The van der Waals surface area contributed by atoms with Crippen LogP contribution >= 0.6 is 31.9 Å². The van der Waals surface area contributed by atoms with Crippen molar-refractivity contribution >= 4 is 37.8 Å². The molecule has 0 bridgehead atoms. The molecule has 2 heterocycles. The van der Waals surface area contributed by atoms with E-state index >= 15 is 0 Å². The highest BCUT2D eigenvalue weighted by Gasteiger charge is 2.27. The van der Waals surface area contributed by atoms with E-state index in [0.717, 1.165) is 31.3 Å². The third kappa shape index (κ3) is 2.69. The van der Waals surface area contributed by atoms with Crippen LogP contribution in [0.15, 0.2) is 21.2 Å². The van der Waals surface area contributed by atoms with Gasteiger partial charge < -0.3 is 9.32 Å². The fraction of sp³-hybridized carbons (Fsp3) is 0.545. The van der Waals surface area contributed by atoms with Crippen molar-refractivity contribution in [2.45, 2.75) is 12.8 Å². The number of amides is 1. The van der Waals surface area contributed by atoms with Crippen molar-refractivity contribution < 1.29 is 9.21 Å². The molecule has 0 spiro atoms. The van der Waals surface area contributed by atoms with Gasteiger partial charge in [-0.2, -0.15) is 0 Å². The second kappa shape index (κ2) is 5.36. The van der Waals surface area contributed by atoms with Crippen LogP contribution in [0.1, 0.15) is 23.4 Å². The Hall–Kier alpha value is -0.290. The predicted octanol–water partition coefficient (Wildman–Crippen LogP) is 3.29. The first-order valence-corrected chi connectivity index (χ1v) is 7.22. The van der Waals surface area contributed by atoms with Crippen molar-refractivity contribution in [1.29, 1.82) is 0 Å². The van der Waals surface area contributed by atoms with Crippen molar-refractivity contribution in [3.8, 4) is 0 Å². The number of hydrogen-bond donors (Lipinski definition) is 0. The molecule has 1 aromatic rings. The fourth-order valence-corrected chi connectivity index (χ4v) is 2.95. The van der Waals surface area contributed by atoms with Gasteiger partial charge in [0.15, 0.2) is 10.4 Å². The average Bonchev–Trinajstić information content (AvgIpc) is 2.87. The highest BCUT2D eigenvalue weighted by Crippen LogP contribution is 2.23. The van der Waals surface area contributed by atoms with Gasteiger partial charge in [0.25, 0.3) is 5.91 Å². The molecule has 1 aromatic heterocycles. The number of halogens is 2. The first-order valence-electron chi connectivity index (χ1n) is 5.31. The number of nitrogens with zero attached hydrogens (tertiary/aromatic N) is 1. The summed E-state index contributed by atoms with van der Waals surface area (Å²) < 4.78 is 5.87. The maximum absolute atomic E-state index is 12.0. The molecular weight excluding hydrogens is 338 g/mol. The highest BCUT2D eigenvalue weighted by molar-refractivity contribution is 9.10. The Morgan fingerprint density at radius 2 is 2.38 bits per heavy atom. The molecule has 1 atom stereocenters. The lowest BCUT2D eigenvalue weighted by Crippen LogP contribution is -2.28. The average molecular weight is 351 g/mol. The minimum Gasteiger partial charge on any atom is -0.444 e. The van der Waals surface area contributed by atoms with E-state index < -0.39 is 0 Å². The molecule has 1 amide bonds. The van der Waals surface area contributed by atoms with E-state index in [0.29, 0.717) is 16.3 Å². The van der Waals surface area contributed by atoms with Crippen LogP contribution in [0.2, 0.25) is 0 Å². The molecule has 0 aromatic carbocycles. The summed E-state index contributed by atoms with van der Waals surface area (Å²) >= 11 is 6.64. The molecule has 0 saturated carbocycles. The van der Waals surface area contributed by atoms with Crippen LogP contribution in [0.5, 0.6) is 0 Å². The molecule has 0 aliphatic carbocycles. The SMILES string of the molecule is O=C(c1ccc(Br)o1)N1CCC(CCBr)C1. The summed E-state index contributed by atoms with van der Waals surface area (Å²) in [5, 5.41) is 1.01. The number of furan rings is 1. The standard InChI is InChI=1S/C11H13Br2NO2/c12-5-3-8-4-6-14(7-8)11(15)9-1-2-10(13)16-9/h1-2,8H,3-7H2. The molecule has 16 heavy (non-hydrogen) atoms. The molecule has 0 N–H and O–H groups in total. The van der Waals surface area contributed by atoms with E-state index in [9.17, 15) is 4.79 Å². The second-order valence-electron chi connectivity index (χ2n) is 3.99. The van der Waals surface area contributed by atoms with Crippen LogP contribution in [0, 0.1) is 5.92 Å². The van der Waals surface area contributed by atoms with Crippen molar-refractivity contribution in [3.63, 3.8) is 0 Å². The molecule has 1 unspecified atom stereocenters. The Labute approximate surface area is 111 Å². The number of hydrogen-bond acceptors (Lipinski definition) is 2. The van der Waals surface area contributed by atoms with Gasteiger partial charge in [0.2, 0.25) is 0 Å². The summed E-state index contributed by atoms with van der Waals surface area (Å²) in [5.41, 5.74) is 0. The van der Waals surface area contributed by atoms with Crippen LogP contribution in [0.3, 0.4) is 0 Å². The zero-order valence-corrected chi connectivity index (χ0v) is 12.0. The lowest BCUT2D eigenvalue weighted by molar-refractivity contribution is 0.0754.